The van der Waals surface area contributed by atoms with Crippen molar-refractivity contribution in [3.8, 4) is 0 Å². The van der Waals surface area contributed by atoms with Crippen LogP contribution in [-0.4, -0.2) is 21.9 Å². The summed E-state index contributed by atoms with van der Waals surface area (Å²) in [4.78, 5) is 0. The Bertz CT molecular complexity index is 291. The molecule has 1 heterocycles. The van der Waals surface area contributed by atoms with E-state index in [9.17, 15) is 0 Å². The molecule has 0 saturated heterocycles. The van der Waals surface area contributed by atoms with Crippen molar-refractivity contribution in [2.75, 3.05) is 0 Å². The Morgan fingerprint density at radius 1 is 1.44 bits per heavy atom. The minimum absolute atomic E-state index is 0.554. The zero-order valence-corrected chi connectivity index (χ0v) is 11.0. The van der Waals surface area contributed by atoms with Crippen LogP contribution in [0.1, 0.15) is 45.6 Å². The van der Waals surface area contributed by atoms with Gasteiger partial charge in [0.15, 0.2) is 0 Å². The first kappa shape index (κ1) is 13.2. The van der Waals surface area contributed by atoms with Crippen LogP contribution in [0.15, 0.2) is 12.4 Å². The predicted molar refractivity (Wildman–Crippen MR) is 68.5 cm³/mol. The minimum Gasteiger partial charge on any atom is -0.311 e. The van der Waals surface area contributed by atoms with Gasteiger partial charge in [0.2, 0.25) is 0 Å². The van der Waals surface area contributed by atoms with Crippen LogP contribution in [0, 0.1) is 0 Å². The molecule has 3 heteroatoms. The van der Waals surface area contributed by atoms with E-state index in [1.54, 1.807) is 0 Å². The van der Waals surface area contributed by atoms with E-state index in [2.05, 4.69) is 37.4 Å². The van der Waals surface area contributed by atoms with Crippen LogP contribution in [0.3, 0.4) is 0 Å². The van der Waals surface area contributed by atoms with E-state index in [1.807, 2.05) is 17.9 Å². The van der Waals surface area contributed by atoms with E-state index in [-0.39, 0.29) is 0 Å². The van der Waals surface area contributed by atoms with Crippen molar-refractivity contribution in [1.82, 2.24) is 15.1 Å². The van der Waals surface area contributed by atoms with Gasteiger partial charge in [-0.2, -0.15) is 5.10 Å². The molecule has 0 spiro atoms. The average molecular weight is 223 g/mol. The molecule has 3 nitrogen and oxygen atoms in total. The monoisotopic (exact) mass is 223 g/mol. The first-order chi connectivity index (χ1) is 7.61. The van der Waals surface area contributed by atoms with Crippen LogP contribution in [-0.2, 0) is 13.5 Å². The lowest BCUT2D eigenvalue weighted by molar-refractivity contribution is 0.424. The van der Waals surface area contributed by atoms with E-state index in [1.165, 1.54) is 24.8 Å². The number of unbranched alkanes of at least 4 members (excludes halogenated alkanes) is 1. The van der Waals surface area contributed by atoms with Crippen LogP contribution in [0.25, 0.3) is 0 Å². The minimum atomic E-state index is 0.554. The molecule has 1 aromatic rings. The maximum atomic E-state index is 4.22. The normalized spacial score (nSPS) is 13.3. The van der Waals surface area contributed by atoms with Crippen molar-refractivity contribution in [2.45, 2.75) is 58.5 Å². The van der Waals surface area contributed by atoms with Gasteiger partial charge in [-0.3, -0.25) is 4.68 Å². The Morgan fingerprint density at radius 2 is 2.19 bits per heavy atom. The Hall–Kier alpha value is -0.830. The molecule has 1 aromatic heterocycles. The van der Waals surface area contributed by atoms with Gasteiger partial charge in [-0.1, -0.05) is 33.6 Å². The van der Waals surface area contributed by atoms with Crippen LogP contribution < -0.4 is 5.32 Å². The van der Waals surface area contributed by atoms with Crippen LogP contribution >= 0.6 is 0 Å². The fraction of sp³-hybridized carbons (Fsp3) is 0.769. The van der Waals surface area contributed by atoms with Gasteiger partial charge in [0, 0.05) is 25.3 Å². The van der Waals surface area contributed by atoms with Crippen LogP contribution in [0.4, 0.5) is 0 Å². The third kappa shape index (κ3) is 4.79. The molecule has 16 heavy (non-hydrogen) atoms. The molecule has 92 valence electrons. The number of aromatic nitrogens is 2. The maximum absolute atomic E-state index is 4.22. The molecule has 1 atom stereocenters. The highest BCUT2D eigenvalue weighted by molar-refractivity contribution is 5.06. The van der Waals surface area contributed by atoms with Gasteiger partial charge in [-0.05, 0) is 18.4 Å². The standard InChI is InChI=1S/C13H25N3/c1-5-6-7-13(15-11(2)3)8-12-9-14-16(4)10-12/h9-11,13,15H,5-8H2,1-4H3. The van der Waals surface area contributed by atoms with Crippen molar-refractivity contribution < 1.29 is 0 Å². The molecule has 0 aliphatic rings. The van der Waals surface area contributed by atoms with Gasteiger partial charge in [-0.25, -0.2) is 0 Å². The van der Waals surface area contributed by atoms with Gasteiger partial charge in [0.05, 0.1) is 6.20 Å². The van der Waals surface area contributed by atoms with Crippen molar-refractivity contribution in [3.05, 3.63) is 18.0 Å². The number of nitrogens with zero attached hydrogens (tertiary/aromatic N) is 2. The lowest BCUT2D eigenvalue weighted by atomic mass is 10.0. The molecule has 0 saturated carbocycles. The molecule has 1 N–H and O–H groups in total. The number of hydrogen-bond acceptors (Lipinski definition) is 2. The quantitative estimate of drug-likeness (QED) is 0.770. The third-order valence-corrected chi connectivity index (χ3v) is 2.72. The summed E-state index contributed by atoms with van der Waals surface area (Å²) in [6.07, 6.45) is 8.99. The summed E-state index contributed by atoms with van der Waals surface area (Å²) in [7, 11) is 1.97. The smallest absolute Gasteiger partial charge is 0.0522 e. The van der Waals surface area contributed by atoms with Gasteiger partial charge in [-0.15, -0.1) is 0 Å². The summed E-state index contributed by atoms with van der Waals surface area (Å²) in [5, 5.41) is 7.85. The fourth-order valence-corrected chi connectivity index (χ4v) is 2.03. The predicted octanol–water partition coefficient (Wildman–Crippen LogP) is 2.52. The molecular weight excluding hydrogens is 198 g/mol. The summed E-state index contributed by atoms with van der Waals surface area (Å²) in [6.45, 7) is 6.67. The fourth-order valence-electron chi connectivity index (χ4n) is 2.03. The molecule has 0 aliphatic carbocycles. The Morgan fingerprint density at radius 3 is 2.69 bits per heavy atom. The van der Waals surface area contributed by atoms with Gasteiger partial charge >= 0.3 is 0 Å². The van der Waals surface area contributed by atoms with E-state index < -0.39 is 0 Å². The van der Waals surface area contributed by atoms with E-state index in [4.69, 9.17) is 0 Å². The van der Waals surface area contributed by atoms with Crippen molar-refractivity contribution in [1.29, 1.82) is 0 Å². The van der Waals surface area contributed by atoms with Crippen LogP contribution in [0.5, 0.6) is 0 Å². The summed E-state index contributed by atoms with van der Waals surface area (Å²) < 4.78 is 1.88. The second-order valence-electron chi connectivity index (χ2n) is 4.89. The average Bonchev–Trinajstić information content (AvgIpc) is 2.59. The van der Waals surface area contributed by atoms with Gasteiger partial charge in [0.25, 0.3) is 0 Å². The van der Waals surface area contributed by atoms with E-state index in [0.29, 0.717) is 12.1 Å². The van der Waals surface area contributed by atoms with Crippen molar-refractivity contribution in [3.63, 3.8) is 0 Å². The first-order valence-electron chi connectivity index (χ1n) is 6.35. The summed E-state index contributed by atoms with van der Waals surface area (Å²) >= 11 is 0. The zero-order valence-electron chi connectivity index (χ0n) is 11.0. The maximum Gasteiger partial charge on any atom is 0.0522 e. The SMILES string of the molecule is CCCCC(Cc1cnn(C)c1)NC(C)C. The second kappa shape index (κ2) is 6.69. The number of rotatable bonds is 7. The molecule has 1 rings (SSSR count). The summed E-state index contributed by atoms with van der Waals surface area (Å²) in [5.41, 5.74) is 1.33. The Balaban J connectivity index is 2.48. The lowest BCUT2D eigenvalue weighted by Crippen LogP contribution is -2.36. The van der Waals surface area contributed by atoms with Crippen molar-refractivity contribution in [2.24, 2.45) is 7.05 Å². The molecule has 0 aliphatic heterocycles. The molecular formula is C13H25N3. The summed E-state index contributed by atoms with van der Waals surface area (Å²) in [6, 6.07) is 1.14. The van der Waals surface area contributed by atoms with Crippen molar-refractivity contribution >= 4 is 0 Å². The number of nitrogens with one attached hydrogen (secondary N) is 1. The second-order valence-corrected chi connectivity index (χ2v) is 4.89. The first-order valence-corrected chi connectivity index (χ1v) is 6.35. The molecule has 0 fully saturated rings. The molecule has 0 bridgehead atoms. The molecule has 1 unspecified atom stereocenters. The zero-order chi connectivity index (χ0) is 12.0. The number of aryl methyl sites for hydroxylation is 1. The molecule has 0 aromatic carbocycles. The van der Waals surface area contributed by atoms with Crippen LogP contribution in [0.2, 0.25) is 0 Å². The highest BCUT2D eigenvalue weighted by Crippen LogP contribution is 2.09. The number of hydrogen-bond donors (Lipinski definition) is 1. The Kier molecular flexibility index (Phi) is 5.53. The highest BCUT2D eigenvalue weighted by atomic mass is 15.2. The molecule has 0 radical (unpaired) electrons. The largest absolute Gasteiger partial charge is 0.311 e. The van der Waals surface area contributed by atoms with E-state index >= 15 is 0 Å². The molecule has 0 amide bonds. The van der Waals surface area contributed by atoms with E-state index in [0.717, 1.165) is 6.42 Å². The Labute approximate surface area is 99.2 Å². The third-order valence-electron chi connectivity index (χ3n) is 2.72. The van der Waals surface area contributed by atoms with Gasteiger partial charge in [0.1, 0.15) is 0 Å². The van der Waals surface area contributed by atoms with Gasteiger partial charge < -0.3 is 5.32 Å². The lowest BCUT2D eigenvalue weighted by Gasteiger charge is -2.20. The highest BCUT2D eigenvalue weighted by Gasteiger charge is 2.11. The summed E-state index contributed by atoms with van der Waals surface area (Å²) in [5.74, 6) is 0. The topological polar surface area (TPSA) is 29.9 Å².